The first-order chi connectivity index (χ1) is 10.2. The third-order valence-electron chi connectivity index (χ3n) is 4.25. The standard InChI is InChI=1S/C16H21N3O2/c20-16(21)11-13-14(12-18-8-4-1-2-5-9-18)19-10-6-3-7-15(19)17-13/h3,6-7,10H,1-2,4-5,8-9,11-12H2,(H,20,21). The molecule has 1 aliphatic heterocycles. The van der Waals surface area contributed by atoms with Crippen LogP contribution in [0.25, 0.3) is 5.65 Å². The van der Waals surface area contributed by atoms with Crippen LogP contribution in [0.3, 0.4) is 0 Å². The normalized spacial score (nSPS) is 17.0. The highest BCUT2D eigenvalue weighted by Gasteiger charge is 2.19. The van der Waals surface area contributed by atoms with E-state index in [4.69, 9.17) is 0 Å². The second-order valence-electron chi connectivity index (χ2n) is 5.82. The van der Waals surface area contributed by atoms with Crippen molar-refractivity contribution >= 4 is 11.6 Å². The van der Waals surface area contributed by atoms with E-state index in [1.807, 2.05) is 28.8 Å². The molecule has 0 radical (unpaired) electrons. The molecule has 1 saturated heterocycles. The second kappa shape index (κ2) is 6.26. The Balaban J connectivity index is 1.92. The van der Waals surface area contributed by atoms with Crippen LogP contribution in [0.4, 0.5) is 0 Å². The van der Waals surface area contributed by atoms with Crippen LogP contribution in [-0.2, 0) is 17.8 Å². The highest BCUT2D eigenvalue weighted by molar-refractivity contribution is 5.68. The lowest BCUT2D eigenvalue weighted by Crippen LogP contribution is -3.10. The molecule has 5 nitrogen and oxygen atoms in total. The van der Waals surface area contributed by atoms with E-state index in [2.05, 4.69) is 4.98 Å². The van der Waals surface area contributed by atoms with Crippen molar-refractivity contribution in [2.75, 3.05) is 13.1 Å². The first kappa shape index (κ1) is 14.1. The Morgan fingerprint density at radius 1 is 1.24 bits per heavy atom. The number of carbonyl (C=O) groups is 1. The van der Waals surface area contributed by atoms with Gasteiger partial charge in [-0.2, -0.15) is 0 Å². The predicted octanol–water partition coefficient (Wildman–Crippen LogP) is -0.414. The molecule has 2 aromatic rings. The molecule has 0 aromatic carbocycles. The maximum atomic E-state index is 11.0. The number of carboxylic acid groups (broad SMARTS) is 1. The number of imidazole rings is 1. The summed E-state index contributed by atoms with van der Waals surface area (Å²) >= 11 is 0. The molecular weight excluding hydrogens is 266 g/mol. The average molecular weight is 287 g/mol. The van der Waals surface area contributed by atoms with Crippen LogP contribution in [0.5, 0.6) is 0 Å². The van der Waals surface area contributed by atoms with Crippen LogP contribution < -0.4 is 10.0 Å². The van der Waals surface area contributed by atoms with Crippen molar-refractivity contribution in [3.05, 3.63) is 35.8 Å². The molecule has 0 bridgehead atoms. The van der Waals surface area contributed by atoms with E-state index in [0.717, 1.165) is 31.0 Å². The van der Waals surface area contributed by atoms with E-state index in [-0.39, 0.29) is 6.42 Å². The molecule has 0 unspecified atom stereocenters. The number of fused-ring (bicyclic) bond motifs is 1. The molecule has 5 heteroatoms. The summed E-state index contributed by atoms with van der Waals surface area (Å²) in [6.45, 7) is 3.16. The van der Waals surface area contributed by atoms with Gasteiger partial charge in [0.15, 0.2) is 0 Å². The minimum absolute atomic E-state index is 0.107. The van der Waals surface area contributed by atoms with Gasteiger partial charge in [0.1, 0.15) is 17.9 Å². The SMILES string of the molecule is O=C([O-])Cc1nc2ccccn2c1C[NH+]1CCCCCC1. The van der Waals surface area contributed by atoms with E-state index in [9.17, 15) is 9.90 Å². The van der Waals surface area contributed by atoms with Crippen LogP contribution in [0, 0.1) is 0 Å². The summed E-state index contributed by atoms with van der Waals surface area (Å²) in [6.07, 6.45) is 6.98. The van der Waals surface area contributed by atoms with Crippen LogP contribution >= 0.6 is 0 Å². The average Bonchev–Trinajstić information content (AvgIpc) is 2.64. The van der Waals surface area contributed by atoms with E-state index in [0.29, 0.717) is 5.69 Å². The number of quaternary nitrogens is 1. The summed E-state index contributed by atoms with van der Waals surface area (Å²) in [5, 5.41) is 11.0. The Kier molecular flexibility index (Phi) is 4.20. The van der Waals surface area contributed by atoms with Gasteiger partial charge in [-0.15, -0.1) is 0 Å². The van der Waals surface area contributed by atoms with Crippen LogP contribution in [-0.4, -0.2) is 28.4 Å². The Hall–Kier alpha value is -1.88. The molecule has 2 aromatic heterocycles. The molecule has 0 amide bonds. The van der Waals surface area contributed by atoms with E-state index in [1.54, 1.807) is 0 Å². The minimum Gasteiger partial charge on any atom is -0.550 e. The number of hydrogen-bond acceptors (Lipinski definition) is 3. The van der Waals surface area contributed by atoms with Gasteiger partial charge in [0.05, 0.1) is 18.8 Å². The molecule has 0 atom stereocenters. The number of pyridine rings is 1. The van der Waals surface area contributed by atoms with Gasteiger partial charge in [-0.1, -0.05) is 6.07 Å². The van der Waals surface area contributed by atoms with Gasteiger partial charge >= 0.3 is 0 Å². The third-order valence-corrected chi connectivity index (χ3v) is 4.25. The summed E-state index contributed by atoms with van der Waals surface area (Å²) in [7, 11) is 0. The topological polar surface area (TPSA) is 61.9 Å². The molecule has 3 rings (SSSR count). The number of aromatic nitrogens is 2. The number of rotatable bonds is 4. The fourth-order valence-electron chi connectivity index (χ4n) is 3.20. The molecule has 112 valence electrons. The Morgan fingerprint density at radius 3 is 2.71 bits per heavy atom. The zero-order valence-electron chi connectivity index (χ0n) is 12.2. The lowest BCUT2D eigenvalue weighted by molar-refractivity contribution is -0.913. The smallest absolute Gasteiger partial charge is 0.137 e. The summed E-state index contributed by atoms with van der Waals surface area (Å²) in [4.78, 5) is 17.0. The highest BCUT2D eigenvalue weighted by atomic mass is 16.4. The lowest BCUT2D eigenvalue weighted by atomic mass is 10.2. The molecule has 0 spiro atoms. The number of aliphatic carboxylic acids is 1. The number of nitrogens with one attached hydrogen (secondary N) is 1. The maximum absolute atomic E-state index is 11.0. The third kappa shape index (κ3) is 3.24. The number of carboxylic acids is 1. The number of carbonyl (C=O) groups excluding carboxylic acids is 1. The van der Waals surface area contributed by atoms with Crippen molar-refractivity contribution in [1.29, 1.82) is 0 Å². The van der Waals surface area contributed by atoms with Crippen LogP contribution in [0.2, 0.25) is 0 Å². The molecular formula is C16H21N3O2. The molecule has 1 aliphatic rings. The first-order valence-corrected chi connectivity index (χ1v) is 7.72. The van der Waals surface area contributed by atoms with Gasteiger partial charge in [0.25, 0.3) is 0 Å². The number of hydrogen-bond donors (Lipinski definition) is 1. The Labute approximate surface area is 124 Å². The fourth-order valence-corrected chi connectivity index (χ4v) is 3.20. The molecule has 1 N–H and O–H groups in total. The Bertz CT molecular complexity index is 627. The van der Waals surface area contributed by atoms with Crippen LogP contribution in [0.1, 0.15) is 37.1 Å². The molecule has 3 heterocycles. The van der Waals surface area contributed by atoms with Crippen LogP contribution in [0.15, 0.2) is 24.4 Å². The largest absolute Gasteiger partial charge is 0.550 e. The van der Waals surface area contributed by atoms with Crippen molar-refractivity contribution in [3.63, 3.8) is 0 Å². The zero-order valence-corrected chi connectivity index (χ0v) is 12.2. The predicted molar refractivity (Wildman–Crippen MR) is 76.8 cm³/mol. The van der Waals surface area contributed by atoms with E-state index in [1.165, 1.54) is 30.6 Å². The van der Waals surface area contributed by atoms with Crippen molar-refractivity contribution in [2.45, 2.75) is 38.6 Å². The van der Waals surface area contributed by atoms with Crippen molar-refractivity contribution in [2.24, 2.45) is 0 Å². The molecule has 0 aliphatic carbocycles. The van der Waals surface area contributed by atoms with Gasteiger partial charge < -0.3 is 14.8 Å². The van der Waals surface area contributed by atoms with Crippen molar-refractivity contribution < 1.29 is 14.8 Å². The van der Waals surface area contributed by atoms with Crippen molar-refractivity contribution in [3.8, 4) is 0 Å². The van der Waals surface area contributed by atoms with Gasteiger partial charge in [0.2, 0.25) is 0 Å². The second-order valence-corrected chi connectivity index (χ2v) is 5.82. The Morgan fingerprint density at radius 2 is 2.00 bits per heavy atom. The van der Waals surface area contributed by atoms with Gasteiger partial charge in [0, 0.05) is 18.6 Å². The van der Waals surface area contributed by atoms with E-state index >= 15 is 0 Å². The van der Waals surface area contributed by atoms with Gasteiger partial charge in [-0.25, -0.2) is 4.98 Å². The molecule has 1 fully saturated rings. The lowest BCUT2D eigenvalue weighted by Gasteiger charge is -2.17. The number of nitrogens with zero attached hydrogens (tertiary/aromatic N) is 2. The quantitative estimate of drug-likeness (QED) is 0.831. The fraction of sp³-hybridized carbons (Fsp3) is 0.500. The van der Waals surface area contributed by atoms with Crippen molar-refractivity contribution in [1.82, 2.24) is 9.38 Å². The maximum Gasteiger partial charge on any atom is 0.137 e. The summed E-state index contributed by atoms with van der Waals surface area (Å²) in [6, 6.07) is 5.80. The minimum atomic E-state index is -1.06. The van der Waals surface area contributed by atoms with E-state index < -0.39 is 5.97 Å². The first-order valence-electron chi connectivity index (χ1n) is 7.72. The summed E-state index contributed by atoms with van der Waals surface area (Å²) in [5.74, 6) is -1.06. The highest BCUT2D eigenvalue weighted by Crippen LogP contribution is 2.13. The molecule has 21 heavy (non-hydrogen) atoms. The summed E-state index contributed by atoms with van der Waals surface area (Å²) in [5.41, 5.74) is 2.49. The van der Waals surface area contributed by atoms with Gasteiger partial charge in [-0.05, 0) is 37.8 Å². The summed E-state index contributed by atoms with van der Waals surface area (Å²) < 4.78 is 2.02. The molecule has 0 saturated carbocycles. The number of likely N-dealkylation sites (tertiary alicyclic amines) is 1. The zero-order chi connectivity index (χ0) is 14.7. The monoisotopic (exact) mass is 287 g/mol. The van der Waals surface area contributed by atoms with Gasteiger partial charge in [-0.3, -0.25) is 4.40 Å².